The molecule has 1 heterocycles. The normalized spacial score (nSPS) is 14.6. The van der Waals surface area contributed by atoms with E-state index in [0.717, 1.165) is 42.6 Å². The number of hydrogen-bond acceptors (Lipinski definition) is 4. The number of hydrogen-bond donors (Lipinski definition) is 1. The summed E-state index contributed by atoms with van der Waals surface area (Å²) in [5.41, 5.74) is 4.49. The highest BCUT2D eigenvalue weighted by Crippen LogP contribution is 2.26. The van der Waals surface area contributed by atoms with Crippen molar-refractivity contribution < 1.29 is 13.2 Å². The highest BCUT2D eigenvalue weighted by molar-refractivity contribution is 7.92. The maximum atomic E-state index is 12.7. The van der Waals surface area contributed by atoms with E-state index in [0.29, 0.717) is 12.2 Å². The first-order valence-corrected chi connectivity index (χ1v) is 12.2. The van der Waals surface area contributed by atoms with E-state index in [9.17, 15) is 13.2 Å². The third-order valence-electron chi connectivity index (χ3n) is 5.56. The van der Waals surface area contributed by atoms with Gasteiger partial charge in [0.1, 0.15) is 6.54 Å². The second kappa shape index (κ2) is 9.62. The molecule has 30 heavy (non-hydrogen) atoms. The highest BCUT2D eigenvalue weighted by Gasteiger charge is 2.24. The maximum absolute atomic E-state index is 12.7. The third kappa shape index (κ3) is 5.61. The van der Waals surface area contributed by atoms with Gasteiger partial charge in [-0.15, -0.1) is 0 Å². The first-order valence-electron chi connectivity index (χ1n) is 10.4. The Morgan fingerprint density at radius 3 is 2.20 bits per heavy atom. The number of para-hydroxylation sites is 1. The molecule has 0 spiro atoms. The number of rotatable bonds is 8. The van der Waals surface area contributed by atoms with E-state index in [1.165, 1.54) is 22.7 Å². The van der Waals surface area contributed by atoms with Crippen molar-refractivity contribution in [2.45, 2.75) is 39.8 Å². The number of carbonyl (C=O) groups is 1. The fourth-order valence-electron chi connectivity index (χ4n) is 4.01. The standard InChI is InChI=1S/C23H31N3O3S/c1-18-9-8-10-19(2)23(18)26(30(3,28)29)17-22(27)24-15-20-11-4-5-12-21(20)16-25-13-6-7-14-25/h4-5,8-12H,6-7,13-17H2,1-3H3,(H,24,27). The second-order valence-corrected chi connectivity index (χ2v) is 9.95. The minimum absolute atomic E-state index is 0.237. The van der Waals surface area contributed by atoms with Gasteiger partial charge in [0.25, 0.3) is 0 Å². The van der Waals surface area contributed by atoms with Gasteiger partial charge in [-0.05, 0) is 62.0 Å². The van der Waals surface area contributed by atoms with Gasteiger partial charge in [-0.3, -0.25) is 14.0 Å². The first-order chi connectivity index (χ1) is 14.3. The summed E-state index contributed by atoms with van der Waals surface area (Å²) in [7, 11) is -3.60. The van der Waals surface area contributed by atoms with Crippen LogP contribution >= 0.6 is 0 Å². The molecular weight excluding hydrogens is 398 g/mol. The van der Waals surface area contributed by atoms with Gasteiger partial charge >= 0.3 is 0 Å². The number of benzene rings is 2. The number of sulfonamides is 1. The molecule has 2 aromatic rings. The maximum Gasteiger partial charge on any atom is 0.241 e. The molecule has 1 N–H and O–H groups in total. The molecule has 0 bridgehead atoms. The van der Waals surface area contributed by atoms with Gasteiger partial charge in [-0.25, -0.2) is 8.42 Å². The molecule has 0 saturated carbocycles. The van der Waals surface area contributed by atoms with Crippen LogP contribution in [-0.2, 0) is 27.9 Å². The number of nitrogens with one attached hydrogen (secondary N) is 1. The lowest BCUT2D eigenvalue weighted by Crippen LogP contribution is -2.41. The Hall–Kier alpha value is -2.38. The predicted molar refractivity (Wildman–Crippen MR) is 121 cm³/mol. The van der Waals surface area contributed by atoms with Gasteiger partial charge in [0.15, 0.2) is 0 Å². The summed E-state index contributed by atoms with van der Waals surface area (Å²) in [4.78, 5) is 15.1. The quantitative estimate of drug-likeness (QED) is 0.700. The third-order valence-corrected chi connectivity index (χ3v) is 6.68. The molecule has 1 fully saturated rings. The molecule has 6 nitrogen and oxygen atoms in total. The van der Waals surface area contributed by atoms with Crippen molar-refractivity contribution in [3.8, 4) is 0 Å². The van der Waals surface area contributed by atoms with Crippen LogP contribution in [-0.4, -0.2) is 45.1 Å². The van der Waals surface area contributed by atoms with Crippen LogP contribution in [0.25, 0.3) is 0 Å². The van der Waals surface area contributed by atoms with Crippen molar-refractivity contribution in [2.75, 3.05) is 30.2 Å². The van der Waals surface area contributed by atoms with E-state index in [1.807, 2.05) is 50.2 Å². The van der Waals surface area contributed by atoms with Gasteiger partial charge in [-0.1, -0.05) is 42.5 Å². The van der Waals surface area contributed by atoms with E-state index in [1.54, 1.807) is 0 Å². The van der Waals surface area contributed by atoms with Crippen LogP contribution in [0.1, 0.15) is 35.1 Å². The Bertz CT molecular complexity index is 978. The molecule has 1 saturated heterocycles. The summed E-state index contributed by atoms with van der Waals surface area (Å²) < 4.78 is 26.1. The predicted octanol–water partition coefficient (Wildman–Crippen LogP) is 2.98. The number of anilines is 1. The Labute approximate surface area is 179 Å². The molecule has 0 radical (unpaired) electrons. The molecule has 2 aromatic carbocycles. The van der Waals surface area contributed by atoms with Crippen molar-refractivity contribution in [1.29, 1.82) is 0 Å². The topological polar surface area (TPSA) is 69.7 Å². The van der Waals surface area contributed by atoms with Gasteiger partial charge in [0, 0.05) is 13.1 Å². The van der Waals surface area contributed by atoms with Crippen LogP contribution in [0.3, 0.4) is 0 Å². The zero-order valence-corrected chi connectivity index (χ0v) is 18.8. The average Bonchev–Trinajstić information content (AvgIpc) is 3.18. The van der Waals surface area contributed by atoms with Gasteiger partial charge in [0.05, 0.1) is 11.9 Å². The first kappa shape index (κ1) is 22.3. The molecule has 0 aromatic heterocycles. The number of aryl methyl sites for hydroxylation is 2. The smallest absolute Gasteiger partial charge is 0.241 e. The molecule has 3 rings (SSSR count). The fourth-order valence-corrected chi connectivity index (χ4v) is 4.98. The minimum Gasteiger partial charge on any atom is -0.350 e. The lowest BCUT2D eigenvalue weighted by atomic mass is 10.1. The van der Waals surface area contributed by atoms with E-state index >= 15 is 0 Å². The van der Waals surface area contributed by atoms with Gasteiger partial charge in [0.2, 0.25) is 15.9 Å². The molecule has 0 atom stereocenters. The fraction of sp³-hybridized carbons (Fsp3) is 0.435. The lowest BCUT2D eigenvalue weighted by Gasteiger charge is -2.25. The SMILES string of the molecule is Cc1cccc(C)c1N(CC(=O)NCc1ccccc1CN1CCCC1)S(C)(=O)=O. The number of nitrogens with zero attached hydrogens (tertiary/aromatic N) is 2. The zero-order chi connectivity index (χ0) is 21.7. The molecule has 1 aliphatic heterocycles. The van der Waals surface area contributed by atoms with Crippen molar-refractivity contribution in [1.82, 2.24) is 10.2 Å². The Morgan fingerprint density at radius 2 is 1.60 bits per heavy atom. The number of amides is 1. The van der Waals surface area contributed by atoms with Crippen LogP contribution < -0.4 is 9.62 Å². The summed E-state index contributed by atoms with van der Waals surface area (Å²) in [6.07, 6.45) is 3.61. The van der Waals surface area contributed by atoms with Crippen molar-refractivity contribution in [2.24, 2.45) is 0 Å². The van der Waals surface area contributed by atoms with Crippen LogP contribution in [0, 0.1) is 13.8 Å². The van der Waals surface area contributed by atoms with Crippen molar-refractivity contribution in [3.63, 3.8) is 0 Å². The molecule has 1 aliphatic rings. The van der Waals surface area contributed by atoms with E-state index in [4.69, 9.17) is 0 Å². The number of carbonyl (C=O) groups excluding carboxylic acids is 1. The van der Waals surface area contributed by atoms with Gasteiger partial charge < -0.3 is 5.32 Å². The van der Waals surface area contributed by atoms with Gasteiger partial charge in [-0.2, -0.15) is 0 Å². The Balaban J connectivity index is 1.70. The van der Waals surface area contributed by atoms with Crippen LogP contribution in [0.5, 0.6) is 0 Å². The Morgan fingerprint density at radius 1 is 1.00 bits per heavy atom. The summed E-state index contributed by atoms with van der Waals surface area (Å²) in [6.45, 7) is 6.95. The highest BCUT2D eigenvalue weighted by atomic mass is 32.2. The van der Waals surface area contributed by atoms with Crippen LogP contribution in [0.4, 0.5) is 5.69 Å². The molecule has 0 aliphatic carbocycles. The summed E-state index contributed by atoms with van der Waals surface area (Å²) in [5, 5.41) is 2.91. The largest absolute Gasteiger partial charge is 0.350 e. The van der Waals surface area contributed by atoms with E-state index in [-0.39, 0.29) is 12.5 Å². The minimum atomic E-state index is -3.60. The number of likely N-dealkylation sites (tertiary alicyclic amines) is 1. The molecular formula is C23H31N3O3S. The summed E-state index contributed by atoms with van der Waals surface area (Å²) >= 11 is 0. The zero-order valence-electron chi connectivity index (χ0n) is 18.0. The van der Waals surface area contributed by atoms with Crippen LogP contribution in [0.15, 0.2) is 42.5 Å². The van der Waals surface area contributed by atoms with Crippen molar-refractivity contribution >= 4 is 21.6 Å². The molecule has 0 unspecified atom stereocenters. The van der Waals surface area contributed by atoms with Crippen LogP contribution in [0.2, 0.25) is 0 Å². The summed E-state index contributed by atoms with van der Waals surface area (Å²) in [5.74, 6) is -0.320. The lowest BCUT2D eigenvalue weighted by molar-refractivity contribution is -0.119. The van der Waals surface area contributed by atoms with Crippen molar-refractivity contribution in [3.05, 3.63) is 64.7 Å². The average molecular weight is 430 g/mol. The molecule has 7 heteroatoms. The monoisotopic (exact) mass is 429 g/mol. The molecule has 162 valence electrons. The Kier molecular flexibility index (Phi) is 7.15. The summed E-state index contributed by atoms with van der Waals surface area (Å²) in [6, 6.07) is 13.7. The molecule has 1 amide bonds. The van der Waals surface area contributed by atoms with E-state index in [2.05, 4.69) is 16.3 Å². The van der Waals surface area contributed by atoms with E-state index < -0.39 is 10.0 Å². The second-order valence-electron chi connectivity index (χ2n) is 8.04.